The molecule has 0 aliphatic heterocycles. The Balaban J connectivity index is 2.19. The van der Waals surface area contributed by atoms with Gasteiger partial charge >= 0.3 is 0 Å². The number of rotatable bonds is 6. The molecular weight excluding hydrogens is 342 g/mol. The van der Waals surface area contributed by atoms with E-state index < -0.39 is 0 Å². The van der Waals surface area contributed by atoms with Crippen molar-refractivity contribution in [3.05, 3.63) is 52.6 Å². The molecule has 0 aromatic heterocycles. The van der Waals surface area contributed by atoms with Gasteiger partial charge in [0.25, 0.3) is 0 Å². The molecular formula is C19H20ClNO4. The minimum Gasteiger partial charge on any atom is -0.493 e. The molecule has 0 spiro atoms. The average molecular weight is 362 g/mol. The summed E-state index contributed by atoms with van der Waals surface area (Å²) in [7, 11) is 4.62. The lowest BCUT2D eigenvalue weighted by Gasteiger charge is -2.12. The summed E-state index contributed by atoms with van der Waals surface area (Å²) >= 11 is 5.92. The number of methoxy groups -OCH3 is 3. The van der Waals surface area contributed by atoms with Crippen LogP contribution < -0.4 is 19.5 Å². The number of nitrogens with one attached hydrogen (secondary N) is 1. The van der Waals surface area contributed by atoms with Gasteiger partial charge < -0.3 is 19.5 Å². The topological polar surface area (TPSA) is 56.8 Å². The third kappa shape index (κ3) is 4.67. The molecule has 0 saturated heterocycles. The van der Waals surface area contributed by atoms with Crippen LogP contribution in [0.2, 0.25) is 5.02 Å². The summed E-state index contributed by atoms with van der Waals surface area (Å²) in [6.07, 6.45) is 3.11. The molecule has 0 saturated carbocycles. The maximum absolute atomic E-state index is 12.1. The van der Waals surface area contributed by atoms with Crippen LogP contribution in [0.25, 0.3) is 6.08 Å². The van der Waals surface area contributed by atoms with Crippen molar-refractivity contribution in [2.45, 2.75) is 6.92 Å². The van der Waals surface area contributed by atoms with E-state index in [1.165, 1.54) is 13.2 Å². The molecule has 25 heavy (non-hydrogen) atoms. The van der Waals surface area contributed by atoms with Gasteiger partial charge in [-0.1, -0.05) is 11.6 Å². The molecule has 6 heteroatoms. The molecule has 1 N–H and O–H groups in total. The first-order chi connectivity index (χ1) is 12.0. The minimum atomic E-state index is -0.251. The fourth-order valence-electron chi connectivity index (χ4n) is 2.31. The summed E-state index contributed by atoms with van der Waals surface area (Å²) in [5.41, 5.74) is 2.35. The van der Waals surface area contributed by atoms with Crippen molar-refractivity contribution >= 4 is 29.3 Å². The van der Waals surface area contributed by atoms with Gasteiger partial charge in [-0.15, -0.1) is 0 Å². The average Bonchev–Trinajstić information content (AvgIpc) is 2.61. The van der Waals surface area contributed by atoms with Gasteiger partial charge in [-0.3, -0.25) is 4.79 Å². The second-order valence-electron chi connectivity index (χ2n) is 5.24. The number of carbonyl (C=O) groups excluding carboxylic acids is 1. The Kier molecular flexibility index (Phi) is 6.31. The van der Waals surface area contributed by atoms with Gasteiger partial charge in [0, 0.05) is 16.8 Å². The fourth-order valence-corrected chi connectivity index (χ4v) is 2.54. The summed E-state index contributed by atoms with van der Waals surface area (Å²) in [6, 6.07) is 8.81. The first-order valence-electron chi connectivity index (χ1n) is 7.53. The number of halogens is 1. The Morgan fingerprint density at radius 2 is 1.68 bits per heavy atom. The van der Waals surface area contributed by atoms with E-state index in [1.54, 1.807) is 50.6 Å². The lowest BCUT2D eigenvalue weighted by molar-refractivity contribution is -0.111. The molecule has 0 heterocycles. The molecule has 0 aliphatic rings. The summed E-state index contributed by atoms with van der Waals surface area (Å²) in [4.78, 5) is 12.1. The SMILES string of the molecule is COc1cc(/C=C/C(=O)Nc2ccc(Cl)cc2C)cc(OC)c1OC. The number of hydrogen-bond donors (Lipinski definition) is 1. The Bertz CT molecular complexity index is 777. The first-order valence-corrected chi connectivity index (χ1v) is 7.91. The molecule has 0 radical (unpaired) electrons. The van der Waals surface area contributed by atoms with E-state index in [2.05, 4.69) is 5.32 Å². The van der Waals surface area contributed by atoms with E-state index in [0.717, 1.165) is 11.1 Å². The van der Waals surface area contributed by atoms with Crippen LogP contribution in [-0.4, -0.2) is 27.2 Å². The molecule has 0 fully saturated rings. The van der Waals surface area contributed by atoms with Crippen LogP contribution >= 0.6 is 11.6 Å². The molecule has 0 unspecified atom stereocenters. The Morgan fingerprint density at radius 1 is 1.04 bits per heavy atom. The zero-order chi connectivity index (χ0) is 18.4. The molecule has 2 aromatic carbocycles. The van der Waals surface area contributed by atoms with Gasteiger partial charge in [-0.05, 0) is 54.5 Å². The van der Waals surface area contributed by atoms with E-state index in [0.29, 0.717) is 28.0 Å². The number of aryl methyl sites for hydroxylation is 1. The highest BCUT2D eigenvalue weighted by Gasteiger charge is 2.12. The zero-order valence-electron chi connectivity index (χ0n) is 14.6. The first kappa shape index (κ1) is 18.7. The molecule has 0 aliphatic carbocycles. The van der Waals surface area contributed by atoms with Gasteiger partial charge in [0.1, 0.15) is 0 Å². The number of benzene rings is 2. The highest BCUT2D eigenvalue weighted by Crippen LogP contribution is 2.38. The van der Waals surface area contributed by atoms with Gasteiger partial charge in [0.2, 0.25) is 11.7 Å². The van der Waals surface area contributed by atoms with Gasteiger partial charge in [-0.2, -0.15) is 0 Å². The van der Waals surface area contributed by atoms with Crippen LogP contribution in [0, 0.1) is 6.92 Å². The Morgan fingerprint density at radius 3 is 2.20 bits per heavy atom. The van der Waals surface area contributed by atoms with Crippen molar-refractivity contribution in [3.63, 3.8) is 0 Å². The van der Waals surface area contributed by atoms with Crippen LogP contribution in [0.5, 0.6) is 17.2 Å². The predicted octanol–water partition coefficient (Wildman–Crippen LogP) is 4.33. The zero-order valence-corrected chi connectivity index (χ0v) is 15.3. The lowest BCUT2D eigenvalue weighted by Crippen LogP contribution is -2.08. The van der Waals surface area contributed by atoms with E-state index in [4.69, 9.17) is 25.8 Å². The van der Waals surface area contributed by atoms with E-state index in [1.807, 2.05) is 6.92 Å². The Labute approximate surface area is 152 Å². The molecule has 0 bridgehead atoms. The second-order valence-corrected chi connectivity index (χ2v) is 5.68. The molecule has 0 atom stereocenters. The molecule has 132 valence electrons. The smallest absolute Gasteiger partial charge is 0.248 e. The van der Waals surface area contributed by atoms with Crippen molar-refractivity contribution in [1.82, 2.24) is 0 Å². The second kappa shape index (κ2) is 8.44. The monoisotopic (exact) mass is 361 g/mol. The summed E-state index contributed by atoms with van der Waals surface area (Å²) in [5.74, 6) is 1.30. The van der Waals surface area contributed by atoms with Crippen molar-refractivity contribution in [1.29, 1.82) is 0 Å². The normalized spacial score (nSPS) is 10.6. The van der Waals surface area contributed by atoms with Gasteiger partial charge in [-0.25, -0.2) is 0 Å². The molecule has 2 aromatic rings. The van der Waals surface area contributed by atoms with Crippen LogP contribution in [0.1, 0.15) is 11.1 Å². The summed E-state index contributed by atoms with van der Waals surface area (Å²) in [6.45, 7) is 1.88. The number of carbonyl (C=O) groups is 1. The van der Waals surface area contributed by atoms with Crippen LogP contribution in [0.4, 0.5) is 5.69 Å². The molecule has 1 amide bonds. The number of amides is 1. The number of anilines is 1. The van der Waals surface area contributed by atoms with Crippen molar-refractivity contribution in [2.75, 3.05) is 26.6 Å². The Hall–Kier alpha value is -2.66. The third-order valence-corrected chi connectivity index (χ3v) is 3.80. The van der Waals surface area contributed by atoms with Crippen LogP contribution in [0.15, 0.2) is 36.4 Å². The lowest BCUT2D eigenvalue weighted by atomic mass is 10.1. The van der Waals surface area contributed by atoms with Crippen LogP contribution in [0.3, 0.4) is 0 Å². The molecule has 2 rings (SSSR count). The fraction of sp³-hybridized carbons (Fsp3) is 0.211. The highest BCUT2D eigenvalue weighted by molar-refractivity contribution is 6.30. The van der Waals surface area contributed by atoms with E-state index >= 15 is 0 Å². The van der Waals surface area contributed by atoms with Gasteiger partial charge in [0.15, 0.2) is 11.5 Å². The van der Waals surface area contributed by atoms with Gasteiger partial charge in [0.05, 0.1) is 21.3 Å². The quantitative estimate of drug-likeness (QED) is 0.778. The number of ether oxygens (including phenoxy) is 3. The number of hydrogen-bond acceptors (Lipinski definition) is 4. The largest absolute Gasteiger partial charge is 0.493 e. The maximum atomic E-state index is 12.1. The minimum absolute atomic E-state index is 0.251. The highest BCUT2D eigenvalue weighted by atomic mass is 35.5. The summed E-state index contributed by atoms with van der Waals surface area (Å²) in [5, 5.41) is 3.44. The third-order valence-electron chi connectivity index (χ3n) is 3.56. The van der Waals surface area contributed by atoms with Crippen molar-refractivity contribution in [3.8, 4) is 17.2 Å². The van der Waals surface area contributed by atoms with E-state index in [9.17, 15) is 4.79 Å². The molecule has 5 nitrogen and oxygen atoms in total. The van der Waals surface area contributed by atoms with Crippen molar-refractivity contribution in [2.24, 2.45) is 0 Å². The van der Waals surface area contributed by atoms with Crippen LogP contribution in [-0.2, 0) is 4.79 Å². The standard InChI is InChI=1S/C19H20ClNO4/c1-12-9-14(20)6-7-15(12)21-18(22)8-5-13-10-16(23-2)19(25-4)17(11-13)24-3/h5-11H,1-4H3,(H,21,22)/b8-5+. The predicted molar refractivity (Wildman–Crippen MR) is 100.0 cm³/mol. The maximum Gasteiger partial charge on any atom is 0.248 e. The van der Waals surface area contributed by atoms with Crippen molar-refractivity contribution < 1.29 is 19.0 Å². The van der Waals surface area contributed by atoms with E-state index in [-0.39, 0.29) is 5.91 Å². The summed E-state index contributed by atoms with van der Waals surface area (Å²) < 4.78 is 15.9.